The van der Waals surface area contributed by atoms with Crippen LogP contribution in [0.25, 0.3) is 0 Å². The molecule has 2 aromatic rings. The number of rotatable bonds is 2. The molecule has 1 fully saturated rings. The second kappa shape index (κ2) is 5.92. The molecule has 0 bridgehead atoms. The van der Waals surface area contributed by atoms with Crippen LogP contribution in [0, 0.1) is 6.92 Å². The van der Waals surface area contributed by atoms with Crippen molar-refractivity contribution in [2.75, 3.05) is 13.1 Å². The average Bonchev–Trinajstić information content (AvgIpc) is 3.22. The van der Waals surface area contributed by atoms with Crippen molar-refractivity contribution in [1.29, 1.82) is 0 Å². The lowest BCUT2D eigenvalue weighted by molar-refractivity contribution is 0.0788. The van der Waals surface area contributed by atoms with Crippen LogP contribution in [0.4, 0.5) is 0 Å². The predicted molar refractivity (Wildman–Crippen MR) is 90.3 cm³/mol. The van der Waals surface area contributed by atoms with E-state index in [-0.39, 0.29) is 22.9 Å². The van der Waals surface area contributed by atoms with Crippen molar-refractivity contribution in [3.8, 4) is 0 Å². The number of hydrogen-bond donors (Lipinski definition) is 2. The molecule has 2 aliphatic rings. The van der Waals surface area contributed by atoms with Gasteiger partial charge in [-0.05, 0) is 56.2 Å². The number of aromatic amines is 2. The van der Waals surface area contributed by atoms with Gasteiger partial charge in [0.15, 0.2) is 0 Å². The van der Waals surface area contributed by atoms with Gasteiger partial charge in [0, 0.05) is 30.4 Å². The summed E-state index contributed by atoms with van der Waals surface area (Å²) in [6, 6.07) is 1.82. The molecule has 6 nitrogen and oxygen atoms in total. The van der Waals surface area contributed by atoms with E-state index in [1.54, 1.807) is 4.90 Å². The van der Waals surface area contributed by atoms with Gasteiger partial charge < -0.3 is 9.88 Å². The Hall–Kier alpha value is -2.37. The summed E-state index contributed by atoms with van der Waals surface area (Å²) in [5, 5.41) is 7.12. The number of aromatic nitrogens is 3. The van der Waals surface area contributed by atoms with Gasteiger partial charge in [-0.3, -0.25) is 14.7 Å². The number of carbonyl (C=O) groups is 1. The van der Waals surface area contributed by atoms with E-state index in [9.17, 15) is 9.59 Å². The lowest BCUT2D eigenvalue weighted by atomic mass is 9.95. The molecule has 2 N–H and O–H groups in total. The molecule has 1 aliphatic heterocycles. The molecule has 0 unspecified atom stereocenters. The molecule has 0 saturated carbocycles. The third kappa shape index (κ3) is 2.56. The normalized spacial score (nSPS) is 20.2. The molecule has 126 valence electrons. The maximum Gasteiger partial charge on any atom is 0.261 e. The molecule has 0 spiro atoms. The predicted octanol–water partition coefficient (Wildman–Crippen LogP) is 1.91. The second-order valence-corrected chi connectivity index (χ2v) is 6.93. The number of aryl methyl sites for hydroxylation is 3. The van der Waals surface area contributed by atoms with Crippen LogP contribution < -0.4 is 5.56 Å². The van der Waals surface area contributed by atoms with Crippen molar-refractivity contribution < 1.29 is 4.79 Å². The quantitative estimate of drug-likeness (QED) is 0.884. The Morgan fingerprint density at radius 1 is 1.33 bits per heavy atom. The van der Waals surface area contributed by atoms with Gasteiger partial charge >= 0.3 is 0 Å². The second-order valence-electron chi connectivity index (χ2n) is 6.93. The largest absolute Gasteiger partial charge is 0.338 e. The molecule has 3 heterocycles. The fourth-order valence-corrected chi connectivity index (χ4v) is 3.95. The summed E-state index contributed by atoms with van der Waals surface area (Å²) < 4.78 is 0. The Balaban J connectivity index is 1.56. The van der Waals surface area contributed by atoms with Gasteiger partial charge in [0.05, 0.1) is 6.20 Å². The van der Waals surface area contributed by atoms with E-state index in [4.69, 9.17) is 0 Å². The van der Waals surface area contributed by atoms with Crippen molar-refractivity contribution in [2.24, 2.45) is 0 Å². The molecular formula is C18H22N4O2. The zero-order chi connectivity index (χ0) is 16.7. The summed E-state index contributed by atoms with van der Waals surface area (Å²) in [6.07, 6.45) is 6.79. The number of hydrogen-bond acceptors (Lipinski definition) is 3. The highest BCUT2D eigenvalue weighted by atomic mass is 16.2. The maximum atomic E-state index is 12.8. The van der Waals surface area contributed by atoms with Crippen molar-refractivity contribution >= 4 is 5.91 Å². The number of likely N-dealkylation sites (tertiary alicyclic amines) is 1. The Morgan fingerprint density at radius 2 is 2.17 bits per heavy atom. The minimum absolute atomic E-state index is 0.149. The van der Waals surface area contributed by atoms with E-state index in [0.717, 1.165) is 54.6 Å². The van der Waals surface area contributed by atoms with Gasteiger partial charge in [-0.25, -0.2) is 0 Å². The Bertz CT molecular complexity index is 836. The van der Waals surface area contributed by atoms with Crippen molar-refractivity contribution in [3.63, 3.8) is 0 Å². The lowest BCUT2D eigenvalue weighted by Crippen LogP contribution is -2.34. The number of pyridine rings is 1. The molecule has 24 heavy (non-hydrogen) atoms. The Labute approximate surface area is 140 Å². The topological polar surface area (TPSA) is 81.8 Å². The SMILES string of the molecule is Cc1cn[nH]c1[C@H]1CCN(C(=O)c2cc3c([nH]c2=O)CCCC3)C1. The first kappa shape index (κ1) is 15.2. The van der Waals surface area contributed by atoms with Crippen LogP contribution >= 0.6 is 0 Å². The van der Waals surface area contributed by atoms with Gasteiger partial charge in [0.25, 0.3) is 11.5 Å². The molecule has 2 aromatic heterocycles. The van der Waals surface area contributed by atoms with Crippen LogP contribution in [-0.2, 0) is 12.8 Å². The maximum absolute atomic E-state index is 12.8. The van der Waals surface area contributed by atoms with E-state index in [2.05, 4.69) is 15.2 Å². The molecule has 1 amide bonds. The van der Waals surface area contributed by atoms with Gasteiger partial charge in [0.1, 0.15) is 5.56 Å². The van der Waals surface area contributed by atoms with Crippen molar-refractivity contribution in [3.05, 3.63) is 50.7 Å². The molecule has 4 rings (SSSR count). The molecule has 1 aliphatic carbocycles. The van der Waals surface area contributed by atoms with Gasteiger partial charge in [-0.1, -0.05) is 0 Å². The van der Waals surface area contributed by atoms with E-state index in [1.165, 1.54) is 0 Å². The summed E-state index contributed by atoms with van der Waals surface area (Å²) in [5.74, 6) is 0.123. The zero-order valence-electron chi connectivity index (χ0n) is 13.9. The highest BCUT2D eigenvalue weighted by Crippen LogP contribution is 2.28. The average molecular weight is 326 g/mol. The fourth-order valence-electron chi connectivity index (χ4n) is 3.95. The zero-order valence-corrected chi connectivity index (χ0v) is 13.9. The van der Waals surface area contributed by atoms with Crippen molar-refractivity contribution in [2.45, 2.75) is 44.9 Å². The summed E-state index contributed by atoms with van der Waals surface area (Å²) in [7, 11) is 0. The number of amides is 1. The number of nitrogens with one attached hydrogen (secondary N) is 2. The molecular weight excluding hydrogens is 304 g/mol. The fraction of sp³-hybridized carbons (Fsp3) is 0.500. The van der Waals surface area contributed by atoms with Crippen LogP contribution in [0.3, 0.4) is 0 Å². The lowest BCUT2D eigenvalue weighted by Gasteiger charge is -2.19. The number of H-pyrrole nitrogens is 2. The third-order valence-electron chi connectivity index (χ3n) is 5.32. The summed E-state index contributed by atoms with van der Waals surface area (Å²) in [6.45, 7) is 3.34. The summed E-state index contributed by atoms with van der Waals surface area (Å²) in [5.41, 5.74) is 4.41. The first-order valence-corrected chi connectivity index (χ1v) is 8.67. The number of fused-ring (bicyclic) bond motifs is 1. The minimum atomic E-state index is -0.248. The van der Waals surface area contributed by atoms with Crippen LogP contribution in [0.5, 0.6) is 0 Å². The van der Waals surface area contributed by atoms with Crippen LogP contribution in [-0.4, -0.2) is 39.1 Å². The Morgan fingerprint density at radius 3 is 2.96 bits per heavy atom. The smallest absolute Gasteiger partial charge is 0.261 e. The number of nitrogens with zero attached hydrogens (tertiary/aromatic N) is 2. The van der Waals surface area contributed by atoms with Crippen LogP contribution in [0.15, 0.2) is 17.1 Å². The summed E-state index contributed by atoms with van der Waals surface area (Å²) in [4.78, 5) is 29.9. The highest BCUT2D eigenvalue weighted by Gasteiger charge is 2.31. The van der Waals surface area contributed by atoms with Gasteiger partial charge in [-0.15, -0.1) is 0 Å². The first-order chi connectivity index (χ1) is 11.6. The van der Waals surface area contributed by atoms with Crippen molar-refractivity contribution in [1.82, 2.24) is 20.1 Å². The standard InChI is InChI=1S/C18H22N4O2/c1-11-9-19-21-16(11)13-6-7-22(10-13)18(24)14-8-12-4-2-3-5-15(12)20-17(14)23/h8-9,13H,2-7,10H2,1H3,(H,19,21)(H,20,23)/t13-/m0/s1. The summed E-state index contributed by atoms with van der Waals surface area (Å²) >= 11 is 0. The monoisotopic (exact) mass is 326 g/mol. The van der Waals surface area contributed by atoms with E-state index in [0.29, 0.717) is 13.1 Å². The van der Waals surface area contributed by atoms with Crippen LogP contribution in [0.2, 0.25) is 0 Å². The molecule has 0 aromatic carbocycles. The van der Waals surface area contributed by atoms with Gasteiger partial charge in [0.2, 0.25) is 0 Å². The van der Waals surface area contributed by atoms with Crippen LogP contribution in [0.1, 0.15) is 58.1 Å². The Kier molecular flexibility index (Phi) is 3.75. The molecule has 1 saturated heterocycles. The molecule has 1 atom stereocenters. The first-order valence-electron chi connectivity index (χ1n) is 8.67. The van der Waals surface area contributed by atoms with E-state index in [1.807, 2.05) is 19.2 Å². The highest BCUT2D eigenvalue weighted by molar-refractivity contribution is 5.94. The molecule has 0 radical (unpaired) electrons. The molecule has 6 heteroatoms. The number of carbonyl (C=O) groups excluding carboxylic acids is 1. The van der Waals surface area contributed by atoms with E-state index < -0.39 is 0 Å². The minimum Gasteiger partial charge on any atom is -0.338 e. The third-order valence-corrected chi connectivity index (χ3v) is 5.32. The van der Waals surface area contributed by atoms with E-state index >= 15 is 0 Å². The van der Waals surface area contributed by atoms with Gasteiger partial charge in [-0.2, -0.15) is 5.10 Å².